The van der Waals surface area contributed by atoms with Crippen molar-refractivity contribution >= 4 is 28.8 Å². The van der Waals surface area contributed by atoms with Gasteiger partial charge in [-0.05, 0) is 0 Å². The molecule has 0 aromatic heterocycles. The molecule has 0 amide bonds. The van der Waals surface area contributed by atoms with Crippen molar-refractivity contribution in [3.63, 3.8) is 0 Å². The zero-order chi connectivity index (χ0) is 27.0. The van der Waals surface area contributed by atoms with E-state index in [1.54, 1.807) is 0 Å². The SMILES string of the molecule is CC(C)(C)[Si](C)(C)OC1=Cc2ccccc2[CH]1[Zr]1([CH]2C(O[Si](C)(C)C(C)(C)C)=Cc3ccccc32)[CH2][CH2]1. The molecule has 2 atom stereocenters. The quantitative estimate of drug-likeness (QED) is 0.303. The zero-order valence-corrected chi connectivity index (χ0v) is 29.1. The first-order chi connectivity index (χ1) is 17.1. The summed E-state index contributed by atoms with van der Waals surface area (Å²) in [7, 11) is -3.93. The van der Waals surface area contributed by atoms with Crippen LogP contribution in [-0.2, 0) is 29.1 Å². The van der Waals surface area contributed by atoms with Crippen LogP contribution in [0.1, 0.15) is 71.0 Å². The summed E-state index contributed by atoms with van der Waals surface area (Å²) in [6, 6.07) is 18.3. The first-order valence-electron chi connectivity index (χ1n) is 14.1. The monoisotopic (exact) mass is 608 g/mol. The van der Waals surface area contributed by atoms with Crippen LogP contribution >= 0.6 is 0 Å². The molecule has 5 heteroatoms. The summed E-state index contributed by atoms with van der Waals surface area (Å²) >= 11 is -2.88. The summed E-state index contributed by atoms with van der Waals surface area (Å²) < 4.78 is 18.2. The molecule has 2 aromatic rings. The van der Waals surface area contributed by atoms with Crippen LogP contribution in [0.3, 0.4) is 0 Å². The van der Waals surface area contributed by atoms with Crippen molar-refractivity contribution in [3.8, 4) is 0 Å². The van der Waals surface area contributed by atoms with E-state index in [4.69, 9.17) is 8.85 Å². The summed E-state index contributed by atoms with van der Waals surface area (Å²) in [4.78, 5) is 0. The second-order valence-corrected chi connectivity index (χ2v) is 35.5. The van der Waals surface area contributed by atoms with Gasteiger partial charge in [0.15, 0.2) is 0 Å². The summed E-state index contributed by atoms with van der Waals surface area (Å²) in [5.41, 5.74) is 5.82. The van der Waals surface area contributed by atoms with Gasteiger partial charge < -0.3 is 0 Å². The Labute approximate surface area is 232 Å². The molecule has 5 rings (SSSR count). The Balaban J connectivity index is 1.60. The number of fused-ring (bicyclic) bond motifs is 2. The van der Waals surface area contributed by atoms with Crippen molar-refractivity contribution in [2.45, 2.75) is 93.3 Å². The van der Waals surface area contributed by atoms with Crippen LogP contribution in [0.4, 0.5) is 0 Å². The first-order valence-corrected chi connectivity index (χ1v) is 26.2. The summed E-state index contributed by atoms with van der Waals surface area (Å²) in [6.07, 6.45) is 4.83. The van der Waals surface area contributed by atoms with E-state index in [0.717, 1.165) is 0 Å². The van der Waals surface area contributed by atoms with Crippen molar-refractivity contribution in [2.24, 2.45) is 0 Å². The van der Waals surface area contributed by atoms with Crippen LogP contribution < -0.4 is 0 Å². The Morgan fingerprint density at radius 3 is 1.30 bits per heavy atom. The van der Waals surface area contributed by atoms with Gasteiger partial charge in [-0.1, -0.05) is 0 Å². The fourth-order valence-electron chi connectivity index (χ4n) is 5.74. The standard InChI is InChI=1S/2C15H21OSi.C2H4.Zr/c2*1-15(2,3)17(4,5)16-14-10-12-8-6-7-9-13(12)11-14;1-2;/h2*6-11H,1-5H3;1-2H2;. The van der Waals surface area contributed by atoms with E-state index in [-0.39, 0.29) is 10.1 Å². The minimum atomic E-state index is -2.88. The van der Waals surface area contributed by atoms with E-state index in [1.807, 2.05) is 0 Å². The average molecular weight is 610 g/mol. The van der Waals surface area contributed by atoms with Crippen molar-refractivity contribution in [1.29, 1.82) is 0 Å². The third kappa shape index (κ3) is 4.65. The van der Waals surface area contributed by atoms with Crippen molar-refractivity contribution in [1.82, 2.24) is 0 Å². The molecule has 0 bridgehead atoms. The normalized spacial score (nSPS) is 22.6. The number of hydrogen-bond acceptors (Lipinski definition) is 2. The van der Waals surface area contributed by atoms with Gasteiger partial charge in [0, 0.05) is 0 Å². The molecule has 1 aliphatic heterocycles. The van der Waals surface area contributed by atoms with Gasteiger partial charge in [0.1, 0.15) is 0 Å². The van der Waals surface area contributed by atoms with Gasteiger partial charge in [0.25, 0.3) is 0 Å². The maximum absolute atomic E-state index is 7.22. The molecule has 2 aromatic carbocycles. The third-order valence-electron chi connectivity index (χ3n) is 10.1. The molecule has 1 heterocycles. The second-order valence-electron chi connectivity index (χ2n) is 14.7. The molecule has 3 aliphatic rings. The first kappa shape index (κ1) is 27.4. The average Bonchev–Trinajstić information content (AvgIpc) is 3.33. The molecule has 1 fully saturated rings. The molecular formula is C32H46O2Si2Zr. The van der Waals surface area contributed by atoms with Crippen molar-refractivity contribution < 1.29 is 29.1 Å². The topological polar surface area (TPSA) is 18.5 Å². The van der Waals surface area contributed by atoms with Gasteiger partial charge >= 0.3 is 234 Å². The van der Waals surface area contributed by atoms with Crippen molar-refractivity contribution in [2.75, 3.05) is 0 Å². The Morgan fingerprint density at radius 2 is 0.973 bits per heavy atom. The predicted molar refractivity (Wildman–Crippen MR) is 160 cm³/mol. The zero-order valence-electron chi connectivity index (χ0n) is 24.7. The molecular weight excluding hydrogens is 564 g/mol. The molecule has 2 unspecified atom stereocenters. The third-order valence-corrected chi connectivity index (χ3v) is 31.5. The Hall–Kier alpha value is -1.16. The summed E-state index contributed by atoms with van der Waals surface area (Å²) in [5, 5.41) is 0.353. The fraction of sp³-hybridized carbons (Fsp3) is 0.500. The Morgan fingerprint density at radius 1 is 0.622 bits per heavy atom. The molecule has 0 radical (unpaired) electrons. The van der Waals surface area contributed by atoms with E-state index >= 15 is 0 Å². The van der Waals surface area contributed by atoms with Crippen LogP contribution in [-0.4, -0.2) is 16.6 Å². The maximum atomic E-state index is 7.22. The van der Waals surface area contributed by atoms with Gasteiger partial charge in [-0.15, -0.1) is 0 Å². The van der Waals surface area contributed by atoms with E-state index < -0.39 is 36.9 Å². The van der Waals surface area contributed by atoms with E-state index in [0.29, 0.717) is 7.25 Å². The molecule has 2 nitrogen and oxygen atoms in total. The van der Waals surface area contributed by atoms with Gasteiger partial charge in [0.05, 0.1) is 0 Å². The van der Waals surface area contributed by atoms with Gasteiger partial charge in [-0.2, -0.15) is 0 Å². The van der Waals surface area contributed by atoms with Crippen LogP contribution in [0.15, 0.2) is 60.0 Å². The van der Waals surface area contributed by atoms with Gasteiger partial charge in [-0.25, -0.2) is 0 Å². The number of hydrogen-bond donors (Lipinski definition) is 0. The van der Waals surface area contributed by atoms with Gasteiger partial charge in [-0.3, -0.25) is 0 Å². The minimum absolute atomic E-state index is 0.176. The van der Waals surface area contributed by atoms with Crippen LogP contribution in [0.5, 0.6) is 0 Å². The molecule has 37 heavy (non-hydrogen) atoms. The molecule has 2 aliphatic carbocycles. The molecule has 0 N–H and O–H groups in total. The van der Waals surface area contributed by atoms with E-state index in [1.165, 1.54) is 42.0 Å². The number of allylic oxidation sites excluding steroid dienone is 2. The number of benzene rings is 2. The summed E-state index contributed by atoms with van der Waals surface area (Å²) in [6.45, 7) is 23.7. The van der Waals surface area contributed by atoms with Crippen molar-refractivity contribution in [3.05, 3.63) is 82.3 Å². The second kappa shape index (κ2) is 8.93. The van der Waals surface area contributed by atoms with Crippen LogP contribution in [0.25, 0.3) is 12.2 Å². The number of rotatable bonds is 6. The summed E-state index contributed by atoms with van der Waals surface area (Å²) in [5.74, 6) is 2.58. The fourth-order valence-corrected chi connectivity index (χ4v) is 24.8. The van der Waals surface area contributed by atoms with E-state index in [9.17, 15) is 0 Å². The molecule has 1 saturated heterocycles. The Kier molecular flexibility index (Phi) is 6.61. The molecule has 0 saturated carbocycles. The van der Waals surface area contributed by atoms with E-state index in [2.05, 4.69) is 128 Å². The molecule has 0 spiro atoms. The van der Waals surface area contributed by atoms with Gasteiger partial charge in [0.2, 0.25) is 0 Å². The van der Waals surface area contributed by atoms with Crippen LogP contribution in [0, 0.1) is 0 Å². The van der Waals surface area contributed by atoms with Crippen LogP contribution in [0.2, 0.25) is 44.5 Å². The predicted octanol–water partition coefficient (Wildman–Crippen LogP) is 10.2. The Bertz CT molecular complexity index is 1180. The molecule has 198 valence electrons.